The predicted octanol–water partition coefficient (Wildman–Crippen LogP) is 3.65. The molecule has 0 atom stereocenters. The Morgan fingerprint density at radius 3 is 2.46 bits per heavy atom. The van der Waals surface area contributed by atoms with Gasteiger partial charge in [-0.05, 0) is 17.7 Å². The molecular weight excluding hydrogens is 306 g/mol. The molecule has 0 saturated carbocycles. The van der Waals surface area contributed by atoms with Crippen LogP contribution in [0.4, 0.5) is 0 Å². The third kappa shape index (κ3) is 2.53. The highest BCUT2D eigenvalue weighted by Gasteiger charge is 2.22. The summed E-state index contributed by atoms with van der Waals surface area (Å²) in [5.41, 5.74) is 3.28. The number of benzene rings is 2. The van der Waals surface area contributed by atoms with E-state index in [1.807, 2.05) is 54.1 Å². The summed E-state index contributed by atoms with van der Waals surface area (Å²) >= 11 is 0. The number of aromatic nitrogens is 1. The van der Waals surface area contributed by atoms with Gasteiger partial charge in [-0.3, -0.25) is 4.79 Å². The number of methoxy groups -OCH3 is 2. The van der Waals surface area contributed by atoms with Crippen LogP contribution in [0.3, 0.4) is 0 Å². The van der Waals surface area contributed by atoms with E-state index < -0.39 is 0 Å². The molecule has 3 rings (SSSR count). The smallest absolute Gasteiger partial charge is 0.188 e. The number of carbonyl (C=O) groups is 1. The van der Waals surface area contributed by atoms with Gasteiger partial charge in [0.1, 0.15) is 0 Å². The van der Waals surface area contributed by atoms with E-state index in [1.54, 1.807) is 14.2 Å². The first-order chi connectivity index (χ1) is 11.7. The van der Waals surface area contributed by atoms with E-state index in [-0.39, 0.29) is 6.79 Å². The lowest BCUT2D eigenvalue weighted by molar-refractivity contribution is 0.0503. The Balaban J connectivity index is 2.36. The number of nitrogens with zero attached hydrogens (tertiary/aromatic N) is 1. The van der Waals surface area contributed by atoms with Gasteiger partial charge >= 0.3 is 0 Å². The minimum Gasteiger partial charge on any atom is -0.493 e. The minimum atomic E-state index is 0.0728. The van der Waals surface area contributed by atoms with Gasteiger partial charge in [0.2, 0.25) is 0 Å². The van der Waals surface area contributed by atoms with Crippen molar-refractivity contribution < 1.29 is 19.0 Å². The third-order valence-electron chi connectivity index (χ3n) is 4.03. The molecule has 0 aliphatic carbocycles. The molecule has 0 N–H and O–H groups in total. The summed E-state index contributed by atoms with van der Waals surface area (Å²) in [4.78, 5) is 11.9. The summed E-state index contributed by atoms with van der Waals surface area (Å²) in [6, 6.07) is 13.6. The first-order valence-electron chi connectivity index (χ1n) is 7.54. The predicted molar refractivity (Wildman–Crippen MR) is 92.8 cm³/mol. The fourth-order valence-electron chi connectivity index (χ4n) is 2.99. The molecule has 0 unspecified atom stereocenters. The zero-order valence-corrected chi connectivity index (χ0v) is 13.9. The number of ether oxygens (including phenoxy) is 3. The van der Waals surface area contributed by atoms with Gasteiger partial charge in [0.05, 0.1) is 29.3 Å². The standard InChI is InChI=1S/C19H19NO4/c1-20-15-9-10-16(23-3)19(24-12-22-2)17(15)14(11-21)18(20)13-7-5-4-6-8-13/h4-11H,12H2,1-3H3. The number of aryl methyl sites for hydroxylation is 1. The molecular formula is C19H19NO4. The summed E-state index contributed by atoms with van der Waals surface area (Å²) in [7, 11) is 5.06. The molecule has 0 radical (unpaired) electrons. The Labute approximate surface area is 140 Å². The van der Waals surface area contributed by atoms with Gasteiger partial charge < -0.3 is 18.8 Å². The lowest BCUT2D eigenvalue weighted by Gasteiger charge is -2.11. The minimum absolute atomic E-state index is 0.0728. The molecule has 0 aliphatic rings. The molecule has 0 saturated heterocycles. The van der Waals surface area contributed by atoms with E-state index in [0.717, 1.165) is 28.4 Å². The normalized spacial score (nSPS) is 10.8. The second-order valence-corrected chi connectivity index (χ2v) is 5.35. The van der Waals surface area contributed by atoms with E-state index >= 15 is 0 Å². The van der Waals surface area contributed by atoms with Crippen molar-refractivity contribution >= 4 is 17.2 Å². The van der Waals surface area contributed by atoms with Crippen molar-refractivity contribution in [2.45, 2.75) is 0 Å². The van der Waals surface area contributed by atoms with Crippen LogP contribution in [-0.2, 0) is 11.8 Å². The number of carbonyl (C=O) groups excluding carboxylic acids is 1. The van der Waals surface area contributed by atoms with E-state index in [1.165, 1.54) is 0 Å². The van der Waals surface area contributed by atoms with E-state index in [4.69, 9.17) is 14.2 Å². The Hall–Kier alpha value is -2.79. The van der Waals surface area contributed by atoms with Crippen LogP contribution in [0.1, 0.15) is 10.4 Å². The quantitative estimate of drug-likeness (QED) is 0.513. The lowest BCUT2D eigenvalue weighted by atomic mass is 10.1. The SMILES string of the molecule is COCOc1c(OC)ccc2c1c(C=O)c(-c1ccccc1)n2C. The molecule has 0 amide bonds. The van der Waals surface area contributed by atoms with Gasteiger partial charge in [-0.15, -0.1) is 0 Å². The van der Waals surface area contributed by atoms with Crippen molar-refractivity contribution in [3.05, 3.63) is 48.0 Å². The van der Waals surface area contributed by atoms with Crippen LogP contribution in [0.25, 0.3) is 22.2 Å². The lowest BCUT2D eigenvalue weighted by Crippen LogP contribution is -2.01. The zero-order chi connectivity index (χ0) is 17.1. The van der Waals surface area contributed by atoms with Crippen molar-refractivity contribution in [3.63, 3.8) is 0 Å². The van der Waals surface area contributed by atoms with Crippen molar-refractivity contribution in [3.8, 4) is 22.8 Å². The highest BCUT2D eigenvalue weighted by Crippen LogP contribution is 2.42. The molecule has 5 nitrogen and oxygen atoms in total. The molecule has 0 bridgehead atoms. The molecule has 2 aromatic carbocycles. The molecule has 0 aliphatic heterocycles. The van der Waals surface area contributed by atoms with Crippen LogP contribution >= 0.6 is 0 Å². The van der Waals surface area contributed by atoms with Gasteiger partial charge in [0.25, 0.3) is 0 Å². The number of aldehydes is 1. The number of hydrogen-bond donors (Lipinski definition) is 0. The van der Waals surface area contributed by atoms with Crippen LogP contribution in [-0.4, -0.2) is 31.9 Å². The van der Waals surface area contributed by atoms with Crippen LogP contribution in [0.2, 0.25) is 0 Å². The molecule has 5 heteroatoms. The first-order valence-corrected chi connectivity index (χ1v) is 7.54. The van der Waals surface area contributed by atoms with Gasteiger partial charge in [0, 0.05) is 14.2 Å². The molecule has 1 heterocycles. The van der Waals surface area contributed by atoms with Crippen molar-refractivity contribution in [2.75, 3.05) is 21.0 Å². The largest absolute Gasteiger partial charge is 0.493 e. The number of hydrogen-bond acceptors (Lipinski definition) is 4. The van der Waals surface area contributed by atoms with Crippen LogP contribution in [0.5, 0.6) is 11.5 Å². The zero-order valence-electron chi connectivity index (χ0n) is 13.9. The second-order valence-electron chi connectivity index (χ2n) is 5.35. The van der Waals surface area contributed by atoms with E-state index in [2.05, 4.69) is 0 Å². The molecule has 124 valence electrons. The third-order valence-corrected chi connectivity index (χ3v) is 4.03. The van der Waals surface area contributed by atoms with Gasteiger partial charge in [-0.1, -0.05) is 30.3 Å². The summed E-state index contributed by atoms with van der Waals surface area (Å²) in [6.07, 6.45) is 0.865. The van der Waals surface area contributed by atoms with Crippen LogP contribution in [0.15, 0.2) is 42.5 Å². The van der Waals surface area contributed by atoms with Crippen molar-refractivity contribution in [1.29, 1.82) is 0 Å². The molecule has 24 heavy (non-hydrogen) atoms. The highest BCUT2D eigenvalue weighted by molar-refractivity contribution is 6.08. The van der Waals surface area contributed by atoms with Crippen LogP contribution in [0, 0.1) is 0 Å². The average molecular weight is 325 g/mol. The van der Waals surface area contributed by atoms with Gasteiger partial charge in [-0.25, -0.2) is 0 Å². The van der Waals surface area contributed by atoms with Crippen molar-refractivity contribution in [1.82, 2.24) is 4.57 Å². The molecule has 1 aromatic heterocycles. The Morgan fingerprint density at radius 2 is 1.83 bits per heavy atom. The molecule has 3 aromatic rings. The average Bonchev–Trinajstić information content (AvgIpc) is 2.92. The summed E-state index contributed by atoms with van der Waals surface area (Å²) in [5.74, 6) is 1.07. The number of fused-ring (bicyclic) bond motifs is 1. The van der Waals surface area contributed by atoms with E-state index in [9.17, 15) is 4.79 Å². The first kappa shape index (κ1) is 16.1. The van der Waals surface area contributed by atoms with Gasteiger partial charge in [0.15, 0.2) is 24.6 Å². The van der Waals surface area contributed by atoms with Gasteiger partial charge in [-0.2, -0.15) is 0 Å². The number of rotatable bonds is 6. The topological polar surface area (TPSA) is 49.7 Å². The van der Waals surface area contributed by atoms with Crippen molar-refractivity contribution in [2.24, 2.45) is 7.05 Å². The summed E-state index contributed by atoms with van der Waals surface area (Å²) in [5, 5.41) is 0.725. The second kappa shape index (κ2) is 6.76. The maximum atomic E-state index is 11.9. The monoisotopic (exact) mass is 325 g/mol. The Morgan fingerprint density at radius 1 is 1.08 bits per heavy atom. The Bertz CT molecular complexity index is 868. The van der Waals surface area contributed by atoms with Crippen LogP contribution < -0.4 is 9.47 Å². The molecule has 0 spiro atoms. The Kier molecular flexibility index (Phi) is 4.53. The fourth-order valence-corrected chi connectivity index (χ4v) is 2.99. The van der Waals surface area contributed by atoms with E-state index in [0.29, 0.717) is 17.1 Å². The molecule has 0 fully saturated rings. The maximum Gasteiger partial charge on any atom is 0.188 e. The fraction of sp³-hybridized carbons (Fsp3) is 0.211. The summed E-state index contributed by atoms with van der Waals surface area (Å²) < 4.78 is 18.1. The summed E-state index contributed by atoms with van der Waals surface area (Å²) in [6.45, 7) is 0.0728. The highest BCUT2D eigenvalue weighted by atomic mass is 16.7. The maximum absolute atomic E-state index is 11.9.